The second-order valence-electron chi connectivity index (χ2n) is 6.97. The van der Waals surface area contributed by atoms with Gasteiger partial charge in [0, 0.05) is 13.2 Å². The standard InChI is InChI=1S/C17H35NO/c1-5-11-18-14-16-9-10-17(3,4)13-15(16)8-7-12-19-6-2/h15-16,18H,5-14H2,1-4H3. The molecule has 1 N–H and O–H groups in total. The minimum absolute atomic E-state index is 0.553. The summed E-state index contributed by atoms with van der Waals surface area (Å²) in [5, 5.41) is 3.63. The van der Waals surface area contributed by atoms with E-state index in [1.165, 1.54) is 51.6 Å². The molecule has 1 aliphatic carbocycles. The summed E-state index contributed by atoms with van der Waals surface area (Å²) >= 11 is 0. The summed E-state index contributed by atoms with van der Waals surface area (Å²) in [6.45, 7) is 13.4. The fourth-order valence-corrected chi connectivity index (χ4v) is 3.45. The largest absolute Gasteiger partial charge is 0.382 e. The average Bonchev–Trinajstić information content (AvgIpc) is 2.37. The van der Waals surface area contributed by atoms with Gasteiger partial charge < -0.3 is 10.1 Å². The Morgan fingerprint density at radius 2 is 2.00 bits per heavy atom. The van der Waals surface area contributed by atoms with E-state index in [0.29, 0.717) is 5.41 Å². The zero-order valence-corrected chi connectivity index (χ0v) is 13.6. The summed E-state index contributed by atoms with van der Waals surface area (Å²) < 4.78 is 5.49. The fourth-order valence-electron chi connectivity index (χ4n) is 3.45. The number of hydrogen-bond donors (Lipinski definition) is 1. The molecule has 114 valence electrons. The Kier molecular flexibility index (Phi) is 8.01. The molecular weight excluding hydrogens is 234 g/mol. The maximum atomic E-state index is 5.49. The molecule has 0 amide bonds. The fraction of sp³-hybridized carbons (Fsp3) is 1.00. The highest BCUT2D eigenvalue weighted by Gasteiger charge is 2.33. The number of ether oxygens (including phenoxy) is 1. The van der Waals surface area contributed by atoms with Crippen LogP contribution >= 0.6 is 0 Å². The Morgan fingerprint density at radius 1 is 1.21 bits per heavy atom. The van der Waals surface area contributed by atoms with E-state index in [1.54, 1.807) is 0 Å². The number of rotatable bonds is 9. The zero-order valence-electron chi connectivity index (χ0n) is 13.6. The van der Waals surface area contributed by atoms with Crippen molar-refractivity contribution in [1.29, 1.82) is 0 Å². The second kappa shape index (κ2) is 8.97. The Morgan fingerprint density at radius 3 is 2.68 bits per heavy atom. The van der Waals surface area contributed by atoms with Gasteiger partial charge in [0.1, 0.15) is 0 Å². The SMILES string of the molecule is CCCNCC1CCC(C)(C)CC1CCCOCC. The van der Waals surface area contributed by atoms with Crippen LogP contribution in [-0.4, -0.2) is 26.3 Å². The Labute approximate surface area is 120 Å². The van der Waals surface area contributed by atoms with Gasteiger partial charge in [-0.1, -0.05) is 20.8 Å². The van der Waals surface area contributed by atoms with Crippen molar-refractivity contribution in [3.8, 4) is 0 Å². The highest BCUT2D eigenvalue weighted by atomic mass is 16.5. The van der Waals surface area contributed by atoms with Gasteiger partial charge in [-0.25, -0.2) is 0 Å². The molecule has 1 saturated carbocycles. The third kappa shape index (κ3) is 6.76. The van der Waals surface area contributed by atoms with E-state index in [-0.39, 0.29) is 0 Å². The van der Waals surface area contributed by atoms with Crippen molar-refractivity contribution in [3.63, 3.8) is 0 Å². The molecule has 2 nitrogen and oxygen atoms in total. The van der Waals surface area contributed by atoms with Crippen LogP contribution in [-0.2, 0) is 4.74 Å². The van der Waals surface area contributed by atoms with Gasteiger partial charge in [-0.05, 0) is 75.8 Å². The third-order valence-corrected chi connectivity index (χ3v) is 4.57. The molecule has 0 aromatic rings. The lowest BCUT2D eigenvalue weighted by Crippen LogP contribution is -2.36. The molecule has 0 heterocycles. The van der Waals surface area contributed by atoms with Crippen LogP contribution in [0.2, 0.25) is 0 Å². The first kappa shape index (κ1) is 17.0. The van der Waals surface area contributed by atoms with Crippen LogP contribution in [0, 0.1) is 17.3 Å². The molecule has 0 radical (unpaired) electrons. The molecule has 0 aromatic carbocycles. The Bertz CT molecular complexity index is 227. The van der Waals surface area contributed by atoms with Crippen molar-refractivity contribution in [2.75, 3.05) is 26.3 Å². The minimum atomic E-state index is 0.553. The van der Waals surface area contributed by atoms with E-state index in [4.69, 9.17) is 4.74 Å². The average molecular weight is 269 g/mol. The summed E-state index contributed by atoms with van der Waals surface area (Å²) in [6.07, 6.45) is 8.03. The summed E-state index contributed by atoms with van der Waals surface area (Å²) in [6, 6.07) is 0. The number of nitrogens with one attached hydrogen (secondary N) is 1. The molecular formula is C17H35NO. The van der Waals surface area contributed by atoms with Gasteiger partial charge in [-0.15, -0.1) is 0 Å². The van der Waals surface area contributed by atoms with Crippen molar-refractivity contribution in [3.05, 3.63) is 0 Å². The molecule has 0 aliphatic heterocycles. The molecule has 1 aliphatic rings. The van der Waals surface area contributed by atoms with E-state index in [2.05, 4.69) is 33.0 Å². The molecule has 0 bridgehead atoms. The van der Waals surface area contributed by atoms with Gasteiger partial charge in [0.05, 0.1) is 0 Å². The van der Waals surface area contributed by atoms with Crippen LogP contribution in [0.15, 0.2) is 0 Å². The quantitative estimate of drug-likeness (QED) is 0.632. The van der Waals surface area contributed by atoms with Crippen LogP contribution in [0.3, 0.4) is 0 Å². The molecule has 0 aromatic heterocycles. The highest BCUT2D eigenvalue weighted by Crippen LogP contribution is 2.43. The van der Waals surface area contributed by atoms with Crippen molar-refractivity contribution in [2.24, 2.45) is 17.3 Å². The van der Waals surface area contributed by atoms with E-state index in [0.717, 1.165) is 25.0 Å². The van der Waals surface area contributed by atoms with E-state index >= 15 is 0 Å². The molecule has 1 fully saturated rings. The maximum Gasteiger partial charge on any atom is 0.0465 e. The van der Waals surface area contributed by atoms with Gasteiger partial charge in [0.15, 0.2) is 0 Å². The lowest BCUT2D eigenvalue weighted by Gasteiger charge is -2.41. The van der Waals surface area contributed by atoms with Gasteiger partial charge in [0.2, 0.25) is 0 Å². The highest BCUT2D eigenvalue weighted by molar-refractivity contribution is 4.85. The summed E-state index contributed by atoms with van der Waals surface area (Å²) in [5.74, 6) is 1.79. The molecule has 0 spiro atoms. The van der Waals surface area contributed by atoms with Gasteiger partial charge in [-0.3, -0.25) is 0 Å². The Hall–Kier alpha value is -0.0800. The molecule has 2 atom stereocenters. The van der Waals surface area contributed by atoms with Crippen LogP contribution in [0.4, 0.5) is 0 Å². The van der Waals surface area contributed by atoms with E-state index < -0.39 is 0 Å². The van der Waals surface area contributed by atoms with Gasteiger partial charge in [0.25, 0.3) is 0 Å². The first-order valence-corrected chi connectivity index (χ1v) is 8.37. The van der Waals surface area contributed by atoms with Gasteiger partial charge >= 0.3 is 0 Å². The monoisotopic (exact) mass is 269 g/mol. The Balaban J connectivity index is 2.37. The normalized spacial score (nSPS) is 26.5. The summed E-state index contributed by atoms with van der Waals surface area (Å²) in [7, 11) is 0. The van der Waals surface area contributed by atoms with Crippen LogP contribution in [0.25, 0.3) is 0 Å². The summed E-state index contributed by atoms with van der Waals surface area (Å²) in [5.41, 5.74) is 0.553. The lowest BCUT2D eigenvalue weighted by atomic mass is 9.66. The first-order chi connectivity index (χ1) is 9.09. The molecule has 1 rings (SSSR count). The predicted molar refractivity (Wildman–Crippen MR) is 83.5 cm³/mol. The second-order valence-corrected chi connectivity index (χ2v) is 6.97. The maximum absolute atomic E-state index is 5.49. The van der Waals surface area contributed by atoms with Crippen molar-refractivity contribution in [1.82, 2.24) is 5.32 Å². The van der Waals surface area contributed by atoms with Crippen molar-refractivity contribution in [2.45, 2.75) is 66.2 Å². The zero-order chi connectivity index (χ0) is 14.1. The third-order valence-electron chi connectivity index (χ3n) is 4.57. The predicted octanol–water partition coefficient (Wildman–Crippen LogP) is 4.25. The summed E-state index contributed by atoms with van der Waals surface area (Å²) in [4.78, 5) is 0. The minimum Gasteiger partial charge on any atom is -0.382 e. The van der Waals surface area contributed by atoms with Crippen LogP contribution in [0.1, 0.15) is 66.2 Å². The number of hydrogen-bond acceptors (Lipinski definition) is 2. The van der Waals surface area contributed by atoms with Crippen LogP contribution in [0.5, 0.6) is 0 Å². The molecule has 0 saturated heterocycles. The molecule has 2 unspecified atom stereocenters. The molecule has 19 heavy (non-hydrogen) atoms. The van der Waals surface area contributed by atoms with E-state index in [1.807, 2.05) is 0 Å². The van der Waals surface area contributed by atoms with Crippen molar-refractivity contribution >= 4 is 0 Å². The van der Waals surface area contributed by atoms with Gasteiger partial charge in [-0.2, -0.15) is 0 Å². The smallest absolute Gasteiger partial charge is 0.0465 e. The van der Waals surface area contributed by atoms with E-state index in [9.17, 15) is 0 Å². The molecule has 2 heteroatoms. The lowest BCUT2D eigenvalue weighted by molar-refractivity contribution is 0.0909. The first-order valence-electron chi connectivity index (χ1n) is 8.37. The van der Waals surface area contributed by atoms with Crippen LogP contribution < -0.4 is 5.32 Å². The van der Waals surface area contributed by atoms with Crippen molar-refractivity contribution < 1.29 is 4.74 Å². The topological polar surface area (TPSA) is 21.3 Å².